The lowest BCUT2D eigenvalue weighted by molar-refractivity contribution is 0.0397. The Morgan fingerprint density at radius 1 is 1.00 bits per heavy atom. The molecule has 1 aromatic heterocycles. The molecule has 7 nitrogen and oxygen atoms in total. The molecule has 0 saturated heterocycles. The molecule has 0 aliphatic carbocycles. The number of hydrogen-bond acceptors (Lipinski definition) is 7. The average molecular weight is 275 g/mol. The number of aromatic hydroxyl groups is 3. The van der Waals surface area contributed by atoms with Gasteiger partial charge in [0, 0.05) is 12.4 Å². The van der Waals surface area contributed by atoms with E-state index in [1.807, 2.05) is 0 Å². The van der Waals surface area contributed by atoms with Gasteiger partial charge in [-0.15, -0.1) is 0 Å². The number of pyridine rings is 1. The van der Waals surface area contributed by atoms with Crippen LogP contribution in [0.4, 0.5) is 0 Å². The Hall–Kier alpha value is -3.09. The Balaban J connectivity index is 2.19. The van der Waals surface area contributed by atoms with E-state index in [4.69, 9.17) is 5.11 Å². The minimum Gasteiger partial charge on any atom is -0.504 e. The molecule has 2 rings (SSSR count). The fraction of sp³-hybridized carbons (Fsp3) is 0. The van der Waals surface area contributed by atoms with Crippen LogP contribution in [0, 0.1) is 0 Å². The first kappa shape index (κ1) is 13.3. The second kappa shape index (κ2) is 5.27. The van der Waals surface area contributed by atoms with E-state index in [2.05, 4.69) is 9.72 Å². The van der Waals surface area contributed by atoms with Crippen LogP contribution < -0.4 is 0 Å². The van der Waals surface area contributed by atoms with Gasteiger partial charge in [0.05, 0.1) is 11.1 Å². The summed E-state index contributed by atoms with van der Waals surface area (Å²) in [4.78, 5) is 27.0. The lowest BCUT2D eigenvalue weighted by Gasteiger charge is -2.05. The van der Waals surface area contributed by atoms with Crippen LogP contribution in [0.3, 0.4) is 0 Å². The predicted octanol–water partition coefficient (Wildman–Crippen LogP) is 1.20. The van der Waals surface area contributed by atoms with Crippen LogP contribution >= 0.6 is 0 Å². The summed E-state index contributed by atoms with van der Waals surface area (Å²) in [6.07, 6.45) is 2.68. The zero-order valence-electron chi connectivity index (χ0n) is 9.98. The van der Waals surface area contributed by atoms with Gasteiger partial charge >= 0.3 is 11.9 Å². The molecule has 0 unspecified atom stereocenters. The van der Waals surface area contributed by atoms with E-state index in [0.717, 1.165) is 12.1 Å². The number of rotatable bonds is 2. The Morgan fingerprint density at radius 3 is 2.15 bits per heavy atom. The van der Waals surface area contributed by atoms with Crippen molar-refractivity contribution in [3.63, 3.8) is 0 Å². The molecule has 0 radical (unpaired) electrons. The van der Waals surface area contributed by atoms with E-state index in [1.54, 1.807) is 0 Å². The predicted molar refractivity (Wildman–Crippen MR) is 65.4 cm³/mol. The van der Waals surface area contributed by atoms with Crippen molar-refractivity contribution in [1.82, 2.24) is 4.98 Å². The van der Waals surface area contributed by atoms with Crippen molar-refractivity contribution in [2.24, 2.45) is 0 Å². The molecular weight excluding hydrogens is 266 g/mol. The number of nitrogens with zero attached hydrogens (tertiary/aromatic N) is 1. The van der Waals surface area contributed by atoms with Gasteiger partial charge in [-0.3, -0.25) is 4.98 Å². The summed E-state index contributed by atoms with van der Waals surface area (Å²) in [6.45, 7) is 0. The summed E-state index contributed by atoms with van der Waals surface area (Å²) in [5, 5.41) is 27.7. The summed E-state index contributed by atoms with van der Waals surface area (Å²) < 4.78 is 4.55. The highest BCUT2D eigenvalue weighted by Crippen LogP contribution is 2.35. The van der Waals surface area contributed by atoms with Gasteiger partial charge in [-0.25, -0.2) is 9.59 Å². The monoisotopic (exact) mass is 275 g/mol. The molecule has 0 bridgehead atoms. The lowest BCUT2D eigenvalue weighted by Crippen LogP contribution is -2.12. The number of phenols is 3. The molecule has 2 aromatic rings. The highest BCUT2D eigenvalue weighted by Gasteiger charge is 2.18. The molecule has 0 saturated carbocycles. The molecule has 3 N–H and O–H groups in total. The molecule has 1 aromatic carbocycles. The summed E-state index contributed by atoms with van der Waals surface area (Å²) >= 11 is 0. The summed E-state index contributed by atoms with van der Waals surface area (Å²) in [5.41, 5.74) is -0.205. The van der Waals surface area contributed by atoms with Gasteiger partial charge in [-0.2, -0.15) is 0 Å². The fourth-order valence-electron chi connectivity index (χ4n) is 1.41. The number of ether oxygens (including phenoxy) is 1. The molecule has 0 fully saturated rings. The van der Waals surface area contributed by atoms with Crippen LogP contribution in [-0.2, 0) is 4.74 Å². The molecule has 0 spiro atoms. The van der Waals surface area contributed by atoms with Gasteiger partial charge in [0.1, 0.15) is 0 Å². The van der Waals surface area contributed by atoms with E-state index in [9.17, 15) is 19.8 Å². The first-order chi connectivity index (χ1) is 9.49. The second-order valence-corrected chi connectivity index (χ2v) is 3.78. The first-order valence-electron chi connectivity index (χ1n) is 5.40. The molecule has 102 valence electrons. The third-order valence-corrected chi connectivity index (χ3v) is 2.39. The van der Waals surface area contributed by atoms with Crippen molar-refractivity contribution in [1.29, 1.82) is 0 Å². The number of carbonyl (C=O) groups excluding carboxylic acids is 2. The first-order valence-corrected chi connectivity index (χ1v) is 5.40. The van der Waals surface area contributed by atoms with Gasteiger partial charge in [0.15, 0.2) is 17.2 Å². The van der Waals surface area contributed by atoms with E-state index < -0.39 is 29.2 Å². The third-order valence-electron chi connectivity index (χ3n) is 2.39. The number of carbonyl (C=O) groups is 2. The van der Waals surface area contributed by atoms with Gasteiger partial charge in [-0.1, -0.05) is 0 Å². The fourth-order valence-corrected chi connectivity index (χ4v) is 1.41. The van der Waals surface area contributed by atoms with Crippen LogP contribution in [0.25, 0.3) is 0 Å². The quantitative estimate of drug-likeness (QED) is 0.428. The van der Waals surface area contributed by atoms with Crippen molar-refractivity contribution < 1.29 is 29.6 Å². The van der Waals surface area contributed by atoms with Crippen molar-refractivity contribution in [3.8, 4) is 17.2 Å². The van der Waals surface area contributed by atoms with Gasteiger partial charge < -0.3 is 20.1 Å². The number of hydrogen-bond donors (Lipinski definition) is 3. The Morgan fingerprint density at radius 2 is 1.60 bits per heavy atom. The number of aromatic nitrogens is 1. The van der Waals surface area contributed by atoms with Crippen LogP contribution in [0.5, 0.6) is 17.2 Å². The van der Waals surface area contributed by atoms with E-state index in [-0.39, 0.29) is 11.1 Å². The minimum atomic E-state index is -1.08. The molecule has 20 heavy (non-hydrogen) atoms. The number of phenolic OH excluding ortho intramolecular Hbond substituents is 3. The van der Waals surface area contributed by atoms with Crippen molar-refractivity contribution >= 4 is 11.9 Å². The maximum atomic E-state index is 11.7. The van der Waals surface area contributed by atoms with Gasteiger partial charge in [0.2, 0.25) is 0 Å². The van der Waals surface area contributed by atoms with E-state index >= 15 is 0 Å². The normalized spacial score (nSPS) is 10.0. The highest BCUT2D eigenvalue weighted by atomic mass is 16.6. The third kappa shape index (κ3) is 2.66. The summed E-state index contributed by atoms with van der Waals surface area (Å²) in [7, 11) is 0. The van der Waals surface area contributed by atoms with Crippen LogP contribution in [0.2, 0.25) is 0 Å². The minimum absolute atomic E-state index is 0.0769. The largest absolute Gasteiger partial charge is 0.504 e. The maximum Gasteiger partial charge on any atom is 0.347 e. The molecule has 7 heteroatoms. The SMILES string of the molecule is O=C(OC(=O)c1cc(O)c(O)c(O)c1)c1cccnc1. The smallest absolute Gasteiger partial charge is 0.347 e. The molecule has 0 aliphatic rings. The van der Waals surface area contributed by atoms with Crippen molar-refractivity contribution in [2.75, 3.05) is 0 Å². The molecule has 0 atom stereocenters. The van der Waals surface area contributed by atoms with Gasteiger partial charge in [-0.05, 0) is 24.3 Å². The lowest BCUT2D eigenvalue weighted by atomic mass is 10.2. The number of esters is 2. The van der Waals surface area contributed by atoms with Crippen LogP contribution in [0.15, 0.2) is 36.7 Å². The zero-order chi connectivity index (χ0) is 14.7. The topological polar surface area (TPSA) is 117 Å². The standard InChI is InChI=1S/C13H9NO6/c15-9-4-8(5-10(16)11(9)17)13(19)20-12(18)7-2-1-3-14-6-7/h1-6,15-17H. The van der Waals surface area contributed by atoms with Gasteiger partial charge in [0.25, 0.3) is 0 Å². The maximum absolute atomic E-state index is 11.7. The van der Waals surface area contributed by atoms with Crippen molar-refractivity contribution in [2.45, 2.75) is 0 Å². The van der Waals surface area contributed by atoms with E-state index in [1.165, 1.54) is 24.5 Å². The average Bonchev–Trinajstić information content (AvgIpc) is 2.45. The van der Waals surface area contributed by atoms with Crippen LogP contribution in [-0.4, -0.2) is 32.2 Å². The molecule has 0 amide bonds. The zero-order valence-corrected chi connectivity index (χ0v) is 9.98. The number of benzene rings is 1. The van der Waals surface area contributed by atoms with Crippen molar-refractivity contribution in [3.05, 3.63) is 47.8 Å². The Labute approximate surface area is 112 Å². The summed E-state index contributed by atoms with van der Waals surface area (Å²) in [5.74, 6) is -4.17. The molecular formula is C13H9NO6. The summed E-state index contributed by atoms with van der Waals surface area (Å²) in [6, 6.07) is 4.65. The second-order valence-electron chi connectivity index (χ2n) is 3.78. The molecule has 1 heterocycles. The Kier molecular flexibility index (Phi) is 3.52. The Bertz CT molecular complexity index is 645. The van der Waals surface area contributed by atoms with Crippen LogP contribution in [0.1, 0.15) is 20.7 Å². The van der Waals surface area contributed by atoms with E-state index in [0.29, 0.717) is 0 Å². The highest BCUT2D eigenvalue weighted by molar-refractivity contribution is 6.02. The molecule has 0 aliphatic heterocycles.